The van der Waals surface area contributed by atoms with Crippen molar-refractivity contribution in [2.75, 3.05) is 0 Å². The lowest BCUT2D eigenvalue weighted by Crippen LogP contribution is -2.03. The van der Waals surface area contributed by atoms with Gasteiger partial charge >= 0.3 is 0 Å². The van der Waals surface area contributed by atoms with Crippen LogP contribution < -0.4 is 0 Å². The Bertz CT molecular complexity index is 448. The van der Waals surface area contributed by atoms with Crippen LogP contribution in [0.4, 0.5) is 0 Å². The second-order valence-electron chi connectivity index (χ2n) is 15.1. The van der Waals surface area contributed by atoms with Gasteiger partial charge in [-0.3, -0.25) is 4.79 Å². The van der Waals surface area contributed by atoms with Crippen molar-refractivity contribution in [2.45, 2.75) is 234 Å². The summed E-state index contributed by atoms with van der Waals surface area (Å²) >= 11 is 0. The molecule has 0 heterocycles. The van der Waals surface area contributed by atoms with E-state index in [4.69, 9.17) is 9.90 Å². The monoisotopic (exact) mass is 621 g/mol. The molecule has 5 aliphatic carbocycles. The molecule has 0 aromatic heterocycles. The maximum atomic E-state index is 9.00. The Morgan fingerprint density at radius 1 is 0.364 bits per heavy atom. The molecule has 0 amide bonds. The van der Waals surface area contributed by atoms with Crippen LogP contribution in [0.15, 0.2) is 0 Å². The Morgan fingerprint density at radius 2 is 0.477 bits per heavy atom. The average molecular weight is 621 g/mol. The van der Waals surface area contributed by atoms with Gasteiger partial charge in [-0.1, -0.05) is 227 Å². The van der Waals surface area contributed by atoms with Gasteiger partial charge < -0.3 is 5.11 Å². The first kappa shape index (κ1) is 43.5. The second kappa shape index (κ2) is 32.4. The fourth-order valence-electron chi connectivity index (χ4n) is 7.98. The Balaban J connectivity index is 0.000000510. The summed E-state index contributed by atoms with van der Waals surface area (Å²) in [6.45, 7) is 12.7. The van der Waals surface area contributed by atoms with E-state index in [-0.39, 0.29) is 0 Å². The van der Waals surface area contributed by atoms with Crippen LogP contribution in [0.25, 0.3) is 0 Å². The molecule has 0 aromatic carbocycles. The van der Waals surface area contributed by atoms with Gasteiger partial charge in [-0.15, -0.1) is 0 Å². The largest absolute Gasteiger partial charge is 0.481 e. The molecular formula is C42H84O2. The number of hydrogen-bond acceptors (Lipinski definition) is 1. The third-order valence-electron chi connectivity index (χ3n) is 11.5. The number of carboxylic acids is 1. The first-order valence-corrected chi connectivity index (χ1v) is 20.6. The lowest BCUT2D eigenvalue weighted by atomic mass is 9.88. The van der Waals surface area contributed by atoms with E-state index >= 15 is 0 Å². The molecule has 0 radical (unpaired) electrons. The van der Waals surface area contributed by atoms with Gasteiger partial charge in [0, 0.05) is 6.92 Å². The smallest absolute Gasteiger partial charge is 0.300 e. The Morgan fingerprint density at radius 3 is 0.545 bits per heavy atom. The molecule has 5 aliphatic rings. The Kier molecular flexibility index (Phi) is 32.0. The van der Waals surface area contributed by atoms with Gasteiger partial charge in [0.15, 0.2) is 0 Å². The quantitative estimate of drug-likeness (QED) is 0.332. The zero-order valence-electron chi connectivity index (χ0n) is 31.5. The first-order valence-electron chi connectivity index (χ1n) is 20.6. The molecule has 2 nitrogen and oxygen atoms in total. The van der Waals surface area contributed by atoms with Crippen LogP contribution in [0.2, 0.25) is 0 Å². The molecule has 2 heteroatoms. The van der Waals surface area contributed by atoms with Crippen molar-refractivity contribution in [2.24, 2.45) is 29.6 Å². The maximum Gasteiger partial charge on any atom is 0.300 e. The Hall–Kier alpha value is -0.530. The van der Waals surface area contributed by atoms with Crippen molar-refractivity contribution in [3.05, 3.63) is 0 Å². The molecule has 0 bridgehead atoms. The molecule has 0 aliphatic heterocycles. The number of carboxylic acid groups (broad SMARTS) is 1. The summed E-state index contributed by atoms with van der Waals surface area (Å²) in [7, 11) is 0. The van der Waals surface area contributed by atoms with Crippen LogP contribution in [0.3, 0.4) is 0 Å². The molecule has 0 unspecified atom stereocenters. The predicted molar refractivity (Wildman–Crippen MR) is 198 cm³/mol. The van der Waals surface area contributed by atoms with Gasteiger partial charge in [0.25, 0.3) is 5.97 Å². The van der Waals surface area contributed by atoms with E-state index in [1.165, 1.54) is 193 Å². The van der Waals surface area contributed by atoms with E-state index in [0.717, 1.165) is 36.5 Å². The Labute approximate surface area is 279 Å². The molecule has 5 saturated carbocycles. The van der Waals surface area contributed by atoms with Crippen LogP contribution in [0.1, 0.15) is 234 Å². The third-order valence-corrected chi connectivity index (χ3v) is 11.5. The van der Waals surface area contributed by atoms with Crippen molar-refractivity contribution in [3.63, 3.8) is 0 Å². The van der Waals surface area contributed by atoms with Crippen LogP contribution in [-0.4, -0.2) is 11.1 Å². The molecule has 5 fully saturated rings. The lowest BCUT2D eigenvalue weighted by Gasteiger charge is -2.18. The fraction of sp³-hybridized carbons (Fsp3) is 0.976. The van der Waals surface area contributed by atoms with E-state index in [2.05, 4.69) is 34.6 Å². The van der Waals surface area contributed by atoms with E-state index < -0.39 is 5.97 Å². The van der Waals surface area contributed by atoms with Gasteiger partial charge in [0.1, 0.15) is 0 Å². The second-order valence-corrected chi connectivity index (χ2v) is 15.1. The zero-order valence-corrected chi connectivity index (χ0v) is 31.5. The number of carbonyl (C=O) groups is 1. The first-order chi connectivity index (χ1) is 21.4. The number of hydrogen-bond donors (Lipinski definition) is 1. The van der Waals surface area contributed by atoms with E-state index in [1.54, 1.807) is 0 Å². The molecule has 0 saturated heterocycles. The van der Waals surface area contributed by atoms with Crippen molar-refractivity contribution >= 4 is 5.97 Å². The summed E-state index contributed by atoms with van der Waals surface area (Å²) in [6.07, 6.45) is 44.7. The normalized spacial score (nSPS) is 22.0. The van der Waals surface area contributed by atoms with Crippen LogP contribution in [0.5, 0.6) is 0 Å². The van der Waals surface area contributed by atoms with E-state index in [9.17, 15) is 0 Å². The van der Waals surface area contributed by atoms with E-state index in [0.29, 0.717) is 0 Å². The minimum atomic E-state index is -0.833. The number of rotatable bonds is 5. The topological polar surface area (TPSA) is 37.3 Å². The maximum absolute atomic E-state index is 9.00. The molecule has 1 N–H and O–H groups in total. The average Bonchev–Trinajstić information content (AvgIpc) is 3.11. The third kappa shape index (κ3) is 27.8. The molecule has 5 rings (SSSR count). The summed E-state index contributed by atoms with van der Waals surface area (Å²) < 4.78 is 0. The zero-order chi connectivity index (χ0) is 32.7. The molecule has 264 valence electrons. The molecule has 0 spiro atoms. The highest BCUT2D eigenvalue weighted by Crippen LogP contribution is 2.28. The minimum Gasteiger partial charge on any atom is -0.481 e. The van der Waals surface area contributed by atoms with Crippen molar-refractivity contribution < 1.29 is 9.90 Å². The highest BCUT2D eigenvalue weighted by molar-refractivity contribution is 5.62. The van der Waals surface area contributed by atoms with E-state index in [1.807, 2.05) is 0 Å². The van der Waals surface area contributed by atoms with Crippen molar-refractivity contribution in [1.82, 2.24) is 0 Å². The van der Waals surface area contributed by atoms with Gasteiger partial charge in [0.2, 0.25) is 0 Å². The summed E-state index contributed by atoms with van der Waals surface area (Å²) in [4.78, 5) is 9.00. The van der Waals surface area contributed by atoms with Crippen LogP contribution in [-0.2, 0) is 4.79 Å². The van der Waals surface area contributed by atoms with Gasteiger partial charge in [-0.25, -0.2) is 0 Å². The fourth-order valence-corrected chi connectivity index (χ4v) is 7.98. The highest BCUT2D eigenvalue weighted by Gasteiger charge is 2.12. The van der Waals surface area contributed by atoms with Crippen molar-refractivity contribution in [3.8, 4) is 0 Å². The summed E-state index contributed by atoms with van der Waals surface area (Å²) in [5, 5.41) is 7.42. The molecule has 0 aromatic rings. The van der Waals surface area contributed by atoms with Crippen LogP contribution >= 0.6 is 0 Å². The standard InChI is InChI=1S/5C8H16.C2H4O2/c5*1-2-8-6-4-3-5-7-8;1-2(3)4/h5*8H,2-7H2,1H3;1H3,(H,3,4). The summed E-state index contributed by atoms with van der Waals surface area (Å²) in [6, 6.07) is 0. The SMILES string of the molecule is CC(=O)O.CCC1CCCCC1.CCC1CCCCC1.CCC1CCCCC1.CCC1CCCCC1.CCC1CCCCC1. The summed E-state index contributed by atoms with van der Waals surface area (Å²) in [5.41, 5.74) is 0. The van der Waals surface area contributed by atoms with Crippen LogP contribution in [0, 0.1) is 29.6 Å². The molecule has 44 heavy (non-hydrogen) atoms. The number of aliphatic carboxylic acids is 1. The lowest BCUT2D eigenvalue weighted by molar-refractivity contribution is -0.134. The van der Waals surface area contributed by atoms with Gasteiger partial charge in [0.05, 0.1) is 0 Å². The highest BCUT2D eigenvalue weighted by atomic mass is 16.4. The minimum absolute atomic E-state index is 0.833. The molecule has 0 atom stereocenters. The molecular weight excluding hydrogens is 536 g/mol. The van der Waals surface area contributed by atoms with Crippen molar-refractivity contribution in [1.29, 1.82) is 0 Å². The van der Waals surface area contributed by atoms with Gasteiger partial charge in [-0.05, 0) is 29.6 Å². The summed E-state index contributed by atoms with van der Waals surface area (Å²) in [5.74, 6) is 4.60. The van der Waals surface area contributed by atoms with Gasteiger partial charge in [-0.2, -0.15) is 0 Å². The predicted octanol–water partition coefficient (Wildman–Crippen LogP) is 15.0.